The van der Waals surface area contributed by atoms with E-state index in [9.17, 15) is 19.2 Å². The number of alkyl carbamates (subject to hydrolysis) is 1. The molecule has 3 atom stereocenters. The summed E-state index contributed by atoms with van der Waals surface area (Å²) in [7, 11) is 0. The summed E-state index contributed by atoms with van der Waals surface area (Å²) in [6.45, 7) is 10.9. The molecule has 0 spiro atoms. The van der Waals surface area contributed by atoms with Gasteiger partial charge < -0.3 is 37.1 Å². The van der Waals surface area contributed by atoms with Gasteiger partial charge in [-0.05, 0) is 67.4 Å². The summed E-state index contributed by atoms with van der Waals surface area (Å²) in [6, 6.07) is 10.5. The number of hydrogen-bond donors (Lipinski definition) is 6. The number of benzene rings is 1. The lowest BCUT2D eigenvalue weighted by Gasteiger charge is -2.28. The second kappa shape index (κ2) is 21.8. The van der Waals surface area contributed by atoms with Gasteiger partial charge in [-0.3, -0.25) is 24.4 Å². The molecule has 1 aromatic heterocycles. The molecule has 0 aliphatic heterocycles. The number of carbonyl (C=O) groups is 4. The lowest BCUT2D eigenvalue weighted by Crippen LogP contribution is -2.57. The molecule has 0 aliphatic rings. The Balaban J connectivity index is 2.08. The largest absolute Gasteiger partial charge is 0.445 e. The molecule has 262 valence electrons. The smallest absolute Gasteiger partial charge is 0.408 e. The summed E-state index contributed by atoms with van der Waals surface area (Å²) in [5.41, 5.74) is 7.46. The Morgan fingerprint density at radius 1 is 0.917 bits per heavy atom. The number of hydrogen-bond acceptors (Lipinski definition) is 7. The molecule has 13 nitrogen and oxygen atoms in total. The predicted octanol–water partition coefficient (Wildman–Crippen LogP) is 2.88. The number of aliphatic imine (C=N–C) groups is 1. The molecule has 7 N–H and O–H groups in total. The Hall–Kier alpha value is -4.94. The maximum absolute atomic E-state index is 13.6. The molecule has 0 saturated heterocycles. The minimum Gasteiger partial charge on any atom is -0.445 e. The summed E-state index contributed by atoms with van der Waals surface area (Å²) in [4.78, 5) is 60.6. The molecule has 0 saturated carbocycles. The standard InChI is InChI=1S/C35H52N8O5/c1-6-38-34(36)39-18-10-13-28(43-35(47)48-23-27-11-8-7-9-12-27)32(45)41-29(21-24(2)3)33(46)42-30(25(4)5)22-40-31(44)15-14-26-16-19-37-20-17-26/h7-9,11-12,14-17,19-20,24-25,28-30H,6,10,13,18,21-23H2,1-5H3,(H,40,44)(H,41,45)(H,42,46)(H,43,47)(H3,36,38,39). The van der Waals surface area contributed by atoms with Gasteiger partial charge in [-0.2, -0.15) is 0 Å². The number of ether oxygens (including phenoxy) is 1. The van der Waals surface area contributed by atoms with Crippen LogP contribution in [-0.2, 0) is 25.7 Å². The normalized spacial score (nSPS) is 13.4. The van der Waals surface area contributed by atoms with Gasteiger partial charge >= 0.3 is 6.09 Å². The number of nitrogens with one attached hydrogen (secondary N) is 5. The molecular formula is C35H52N8O5. The number of amides is 4. The highest BCUT2D eigenvalue weighted by Gasteiger charge is 2.29. The summed E-state index contributed by atoms with van der Waals surface area (Å²) in [5, 5.41) is 14.3. The van der Waals surface area contributed by atoms with E-state index >= 15 is 0 Å². The van der Waals surface area contributed by atoms with Crippen molar-refractivity contribution < 1.29 is 23.9 Å². The van der Waals surface area contributed by atoms with Gasteiger partial charge in [-0.25, -0.2) is 4.79 Å². The third kappa shape index (κ3) is 16.1. The molecule has 2 aromatic rings. The van der Waals surface area contributed by atoms with Gasteiger partial charge in [0.05, 0.1) is 0 Å². The zero-order valence-corrected chi connectivity index (χ0v) is 28.7. The molecule has 48 heavy (non-hydrogen) atoms. The number of carbonyl (C=O) groups excluding carboxylic acids is 4. The minimum atomic E-state index is -0.987. The second-order valence-corrected chi connectivity index (χ2v) is 12.1. The molecule has 4 amide bonds. The Morgan fingerprint density at radius 2 is 1.60 bits per heavy atom. The van der Waals surface area contributed by atoms with Crippen LogP contribution in [0.4, 0.5) is 4.79 Å². The van der Waals surface area contributed by atoms with Crippen LogP contribution in [0.3, 0.4) is 0 Å². The van der Waals surface area contributed by atoms with E-state index in [1.165, 1.54) is 6.08 Å². The third-order valence-electron chi connectivity index (χ3n) is 7.21. The van der Waals surface area contributed by atoms with Crippen LogP contribution in [0.2, 0.25) is 0 Å². The highest BCUT2D eigenvalue weighted by molar-refractivity contribution is 5.92. The number of nitrogens with two attached hydrogens (primary N) is 1. The van der Waals surface area contributed by atoms with E-state index in [1.807, 2.05) is 65.0 Å². The molecule has 0 fully saturated rings. The van der Waals surface area contributed by atoms with E-state index in [-0.39, 0.29) is 43.2 Å². The van der Waals surface area contributed by atoms with Crippen molar-refractivity contribution in [1.82, 2.24) is 31.6 Å². The van der Waals surface area contributed by atoms with Crippen molar-refractivity contribution in [2.45, 2.75) is 78.6 Å². The average Bonchev–Trinajstić information content (AvgIpc) is 3.06. The lowest BCUT2D eigenvalue weighted by molar-refractivity contribution is -0.131. The third-order valence-corrected chi connectivity index (χ3v) is 7.21. The first-order chi connectivity index (χ1) is 23.0. The lowest BCUT2D eigenvalue weighted by atomic mass is 9.99. The number of guanidine groups is 1. The van der Waals surface area contributed by atoms with E-state index in [0.29, 0.717) is 31.9 Å². The first-order valence-electron chi connectivity index (χ1n) is 16.5. The maximum atomic E-state index is 13.6. The zero-order valence-electron chi connectivity index (χ0n) is 28.7. The van der Waals surface area contributed by atoms with Crippen molar-refractivity contribution in [1.29, 1.82) is 0 Å². The molecular weight excluding hydrogens is 612 g/mol. The van der Waals surface area contributed by atoms with E-state index in [4.69, 9.17) is 10.5 Å². The van der Waals surface area contributed by atoms with Crippen LogP contribution in [0.25, 0.3) is 6.08 Å². The van der Waals surface area contributed by atoms with Crippen molar-refractivity contribution in [3.63, 3.8) is 0 Å². The molecule has 0 bridgehead atoms. The molecule has 1 heterocycles. The highest BCUT2D eigenvalue weighted by atomic mass is 16.5. The topological polar surface area (TPSA) is 189 Å². The van der Waals surface area contributed by atoms with Gasteiger partial charge in [0.15, 0.2) is 5.96 Å². The Bertz CT molecular complexity index is 1340. The van der Waals surface area contributed by atoms with E-state index in [2.05, 4.69) is 36.6 Å². The summed E-state index contributed by atoms with van der Waals surface area (Å²) in [6.07, 6.45) is 6.66. The monoisotopic (exact) mass is 664 g/mol. The van der Waals surface area contributed by atoms with Gasteiger partial charge in [-0.15, -0.1) is 0 Å². The first kappa shape index (κ1) is 39.2. The predicted molar refractivity (Wildman–Crippen MR) is 187 cm³/mol. The maximum Gasteiger partial charge on any atom is 0.408 e. The number of aromatic nitrogens is 1. The van der Waals surface area contributed by atoms with Gasteiger partial charge in [0.1, 0.15) is 18.7 Å². The van der Waals surface area contributed by atoms with E-state index in [1.54, 1.807) is 30.6 Å². The van der Waals surface area contributed by atoms with Crippen molar-refractivity contribution in [3.8, 4) is 0 Å². The van der Waals surface area contributed by atoms with Crippen LogP contribution in [-0.4, -0.2) is 72.5 Å². The van der Waals surface area contributed by atoms with Crippen LogP contribution in [0.1, 0.15) is 65.0 Å². The van der Waals surface area contributed by atoms with Crippen LogP contribution in [0.15, 0.2) is 65.9 Å². The first-order valence-corrected chi connectivity index (χ1v) is 16.5. The average molecular weight is 665 g/mol. The summed E-state index contributed by atoms with van der Waals surface area (Å²) < 4.78 is 5.36. The summed E-state index contributed by atoms with van der Waals surface area (Å²) >= 11 is 0. The Kier molecular flexibility index (Phi) is 17.8. The number of nitrogens with zero attached hydrogens (tertiary/aromatic N) is 2. The van der Waals surface area contributed by atoms with Crippen LogP contribution < -0.4 is 32.3 Å². The SMILES string of the molecule is CCNC(N)=NCCCC(NC(=O)OCc1ccccc1)C(=O)NC(CC(C)C)C(=O)NC(CNC(=O)C=Cc1ccncc1)C(C)C. The van der Waals surface area contributed by atoms with E-state index < -0.39 is 30.1 Å². The minimum absolute atomic E-state index is 0.0159. The summed E-state index contributed by atoms with van der Waals surface area (Å²) in [5.74, 6) is -0.857. The van der Waals surface area contributed by atoms with Gasteiger partial charge in [0.2, 0.25) is 17.7 Å². The number of rotatable bonds is 19. The van der Waals surface area contributed by atoms with Crippen LogP contribution >= 0.6 is 0 Å². The van der Waals surface area contributed by atoms with Crippen molar-refractivity contribution >= 4 is 35.9 Å². The fourth-order valence-electron chi connectivity index (χ4n) is 4.54. The fourth-order valence-corrected chi connectivity index (χ4v) is 4.54. The van der Waals surface area contributed by atoms with Gasteiger partial charge in [0.25, 0.3) is 0 Å². The van der Waals surface area contributed by atoms with E-state index in [0.717, 1.165) is 11.1 Å². The highest BCUT2D eigenvalue weighted by Crippen LogP contribution is 2.10. The van der Waals surface area contributed by atoms with Crippen molar-refractivity contribution in [3.05, 3.63) is 72.1 Å². The second-order valence-electron chi connectivity index (χ2n) is 12.1. The Labute approximate surface area is 284 Å². The molecule has 0 aliphatic carbocycles. The van der Waals surface area contributed by atoms with Crippen LogP contribution in [0, 0.1) is 11.8 Å². The number of pyridine rings is 1. The molecule has 1 aromatic carbocycles. The van der Waals surface area contributed by atoms with Crippen molar-refractivity contribution in [2.75, 3.05) is 19.6 Å². The molecule has 3 unspecified atom stereocenters. The van der Waals surface area contributed by atoms with Crippen LogP contribution in [0.5, 0.6) is 0 Å². The zero-order chi connectivity index (χ0) is 35.3. The molecule has 13 heteroatoms. The van der Waals surface area contributed by atoms with Crippen molar-refractivity contribution in [2.24, 2.45) is 22.6 Å². The molecule has 0 radical (unpaired) electrons. The fraction of sp³-hybridized carbons (Fsp3) is 0.486. The quantitative estimate of drug-likeness (QED) is 0.0572. The Morgan fingerprint density at radius 3 is 2.25 bits per heavy atom. The van der Waals surface area contributed by atoms with Gasteiger partial charge in [0, 0.05) is 44.1 Å². The molecule has 2 rings (SSSR count). The van der Waals surface area contributed by atoms with Gasteiger partial charge in [-0.1, -0.05) is 58.0 Å².